The summed E-state index contributed by atoms with van der Waals surface area (Å²) < 4.78 is 32.8. The molecule has 0 bridgehead atoms. The maximum absolute atomic E-state index is 10.9. The van der Waals surface area contributed by atoms with Crippen molar-refractivity contribution in [1.29, 1.82) is 0 Å². The van der Waals surface area contributed by atoms with Crippen molar-refractivity contribution in [3.63, 3.8) is 0 Å². The van der Waals surface area contributed by atoms with Gasteiger partial charge >= 0.3 is 6.18 Å². The lowest BCUT2D eigenvalue weighted by molar-refractivity contribution is -0.100. The van der Waals surface area contributed by atoms with E-state index in [1.54, 1.807) is 0 Å². The van der Waals surface area contributed by atoms with E-state index in [1.165, 1.54) is 7.05 Å². The highest BCUT2D eigenvalue weighted by atomic mass is 19.4. The van der Waals surface area contributed by atoms with E-state index in [-0.39, 0.29) is 6.54 Å². The van der Waals surface area contributed by atoms with Crippen molar-refractivity contribution in [3.8, 4) is 0 Å². The predicted molar refractivity (Wildman–Crippen MR) is 19.4 cm³/mol. The van der Waals surface area contributed by atoms with Gasteiger partial charge < -0.3 is 5.32 Å². The average molecular weight is 112 g/mol. The minimum atomic E-state index is -4.19. The van der Waals surface area contributed by atoms with Crippen LogP contribution in [0.15, 0.2) is 0 Å². The Morgan fingerprint density at radius 3 is 1.86 bits per heavy atom. The van der Waals surface area contributed by atoms with E-state index < -0.39 is 6.18 Å². The van der Waals surface area contributed by atoms with Gasteiger partial charge in [-0.1, -0.05) is 0 Å². The summed E-state index contributed by atoms with van der Waals surface area (Å²) in [5, 5.41) is 1.86. The van der Waals surface area contributed by atoms with Gasteiger partial charge in [-0.15, -0.1) is 0 Å². The molecule has 0 unspecified atom stereocenters. The molecule has 7 heavy (non-hydrogen) atoms. The van der Waals surface area contributed by atoms with Crippen LogP contribution in [0.25, 0.3) is 0 Å². The number of alkyl halides is 3. The van der Waals surface area contributed by atoms with Crippen LogP contribution in [-0.4, -0.2) is 13.2 Å². The third-order valence-corrected chi connectivity index (χ3v) is 0.308. The molecule has 0 aliphatic heterocycles. The molecular weight excluding hydrogens is 107 g/mol. The molecule has 0 aromatic heterocycles. The van der Waals surface area contributed by atoms with E-state index in [2.05, 4.69) is 0 Å². The minimum absolute atomic E-state index is 0.0625. The Morgan fingerprint density at radius 1 is 1.43 bits per heavy atom. The molecule has 4 heteroatoms. The Morgan fingerprint density at radius 2 is 1.86 bits per heavy atom. The van der Waals surface area contributed by atoms with Gasteiger partial charge in [-0.3, -0.25) is 0 Å². The highest BCUT2D eigenvalue weighted by Gasteiger charge is 2.25. The molecule has 1 nitrogen and oxygen atoms in total. The molecule has 0 fully saturated rings. The average Bonchev–Trinajstić information content (AvgIpc) is 1.30. The summed E-state index contributed by atoms with van der Waals surface area (Å²) in [6, 6.07) is 0. The largest absolute Gasteiger partial charge is 0.405 e. The number of halogens is 3. The van der Waals surface area contributed by atoms with E-state index >= 15 is 0 Å². The molecule has 0 heterocycles. The lowest BCUT2D eigenvalue weighted by Gasteiger charge is -2.00. The summed E-state index contributed by atoms with van der Waals surface area (Å²) in [6.45, 7) is 0.0625. The fourth-order valence-electron chi connectivity index (χ4n) is 0.164. The second-order valence-electron chi connectivity index (χ2n) is 0.975. The van der Waals surface area contributed by atoms with Gasteiger partial charge in [0.05, 0.1) is 0 Å². The Bertz CT molecular complexity index is 48.6. The lowest BCUT2D eigenvalue weighted by atomic mass is 10.6. The smallest absolute Gasteiger partial charge is 0.308 e. The fourth-order valence-corrected chi connectivity index (χ4v) is 0.164. The summed E-state index contributed by atoms with van der Waals surface area (Å²) in [5.41, 5.74) is 0. The van der Waals surface area contributed by atoms with Gasteiger partial charge in [0.15, 0.2) is 0 Å². The molecule has 0 atom stereocenters. The molecule has 0 aromatic carbocycles. The van der Waals surface area contributed by atoms with Crippen molar-refractivity contribution in [2.24, 2.45) is 0 Å². The third-order valence-electron chi connectivity index (χ3n) is 0.308. The van der Waals surface area contributed by atoms with Crippen LogP contribution in [0.4, 0.5) is 13.2 Å². The molecule has 0 spiro atoms. The Labute approximate surface area is 39.5 Å². The van der Waals surface area contributed by atoms with E-state index in [9.17, 15) is 13.2 Å². The Hall–Kier alpha value is -0.250. The summed E-state index contributed by atoms with van der Waals surface area (Å²) in [7, 11) is 1.20. The zero-order chi connectivity index (χ0) is 5.91. The van der Waals surface area contributed by atoms with Crippen LogP contribution in [-0.2, 0) is 0 Å². The normalized spacial score (nSPS) is 12.0. The van der Waals surface area contributed by atoms with Crippen LogP contribution in [0, 0.1) is 6.54 Å². The van der Waals surface area contributed by atoms with E-state index in [1.807, 2.05) is 5.32 Å². The number of hydrogen-bond donors (Lipinski definition) is 1. The summed E-state index contributed by atoms with van der Waals surface area (Å²) >= 11 is 0. The second-order valence-corrected chi connectivity index (χ2v) is 0.975. The first-order chi connectivity index (χ1) is 3.06. The first kappa shape index (κ1) is 6.75. The van der Waals surface area contributed by atoms with Crippen LogP contribution >= 0.6 is 0 Å². The molecule has 0 rings (SSSR count). The van der Waals surface area contributed by atoms with Gasteiger partial charge in [0.1, 0.15) is 6.54 Å². The molecule has 1 radical (unpaired) electrons. The molecule has 0 aliphatic carbocycles. The predicted octanol–water partition coefficient (Wildman–Crippen LogP) is 0.930. The van der Waals surface area contributed by atoms with Crippen LogP contribution in [0.3, 0.4) is 0 Å². The number of rotatable bonds is 1. The SMILES string of the molecule is CN[CH]C(F)(F)F. The van der Waals surface area contributed by atoms with Crippen LogP contribution in [0.2, 0.25) is 0 Å². The van der Waals surface area contributed by atoms with Crippen molar-refractivity contribution in [2.75, 3.05) is 7.05 Å². The standard InChI is InChI=1S/C3H5F3N/c1-7-2-3(4,5)6/h2,7H,1H3. The zero-order valence-corrected chi connectivity index (χ0v) is 3.71. The van der Waals surface area contributed by atoms with Gasteiger partial charge in [-0.25, -0.2) is 0 Å². The van der Waals surface area contributed by atoms with Crippen molar-refractivity contribution in [2.45, 2.75) is 6.18 Å². The maximum Gasteiger partial charge on any atom is 0.405 e. The monoisotopic (exact) mass is 112 g/mol. The van der Waals surface area contributed by atoms with Crippen LogP contribution in [0.1, 0.15) is 0 Å². The Balaban J connectivity index is 3.15. The molecular formula is C3H5F3N. The molecule has 0 saturated heterocycles. The molecule has 0 saturated carbocycles. The van der Waals surface area contributed by atoms with Gasteiger partial charge in [0.25, 0.3) is 0 Å². The van der Waals surface area contributed by atoms with Crippen molar-refractivity contribution >= 4 is 0 Å². The lowest BCUT2D eigenvalue weighted by Crippen LogP contribution is -2.18. The van der Waals surface area contributed by atoms with Crippen LogP contribution < -0.4 is 5.32 Å². The van der Waals surface area contributed by atoms with Crippen molar-refractivity contribution < 1.29 is 13.2 Å². The van der Waals surface area contributed by atoms with E-state index in [4.69, 9.17) is 0 Å². The zero-order valence-electron chi connectivity index (χ0n) is 3.71. The summed E-state index contributed by atoms with van der Waals surface area (Å²) in [5.74, 6) is 0. The third kappa shape index (κ3) is 5.75. The quantitative estimate of drug-likeness (QED) is 0.532. The molecule has 0 amide bonds. The fraction of sp³-hybridized carbons (Fsp3) is 0.667. The van der Waals surface area contributed by atoms with Gasteiger partial charge in [-0.2, -0.15) is 13.2 Å². The highest BCUT2D eigenvalue weighted by Crippen LogP contribution is 2.15. The maximum atomic E-state index is 10.9. The van der Waals surface area contributed by atoms with Gasteiger partial charge in [0, 0.05) is 0 Å². The second kappa shape index (κ2) is 2.16. The molecule has 43 valence electrons. The number of hydrogen-bond acceptors (Lipinski definition) is 1. The first-order valence-corrected chi connectivity index (χ1v) is 1.64. The van der Waals surface area contributed by atoms with Gasteiger partial charge in [-0.05, 0) is 7.05 Å². The Kier molecular flexibility index (Phi) is 2.08. The van der Waals surface area contributed by atoms with Gasteiger partial charge in [0.2, 0.25) is 0 Å². The molecule has 0 aliphatic rings. The van der Waals surface area contributed by atoms with Crippen LogP contribution in [0.5, 0.6) is 0 Å². The van der Waals surface area contributed by atoms with Crippen molar-refractivity contribution in [3.05, 3.63) is 6.54 Å². The topological polar surface area (TPSA) is 12.0 Å². The van der Waals surface area contributed by atoms with Crippen molar-refractivity contribution in [1.82, 2.24) is 5.32 Å². The van der Waals surface area contributed by atoms with E-state index in [0.717, 1.165) is 0 Å². The molecule has 1 N–H and O–H groups in total. The summed E-state index contributed by atoms with van der Waals surface area (Å²) in [4.78, 5) is 0. The minimum Gasteiger partial charge on any atom is -0.308 e. The number of nitrogens with one attached hydrogen (secondary N) is 1. The summed E-state index contributed by atoms with van der Waals surface area (Å²) in [6.07, 6.45) is -4.19. The highest BCUT2D eigenvalue weighted by molar-refractivity contribution is 4.67. The molecule has 0 aromatic rings. The van der Waals surface area contributed by atoms with E-state index in [0.29, 0.717) is 0 Å². The first-order valence-electron chi connectivity index (χ1n) is 1.64.